The first-order chi connectivity index (χ1) is 13.9. The second kappa shape index (κ2) is 9.98. The van der Waals surface area contributed by atoms with Crippen LogP contribution in [-0.2, 0) is 14.2 Å². The van der Waals surface area contributed by atoms with Crippen LogP contribution >= 0.6 is 0 Å². The molecule has 8 heteroatoms. The van der Waals surface area contributed by atoms with Crippen LogP contribution in [0.4, 0.5) is 4.79 Å². The quantitative estimate of drug-likeness (QED) is 0.568. The fraction of sp³-hybridized carbons (Fsp3) is 0.905. The molecule has 3 aliphatic heterocycles. The van der Waals surface area contributed by atoms with E-state index in [0.29, 0.717) is 13.2 Å². The predicted molar refractivity (Wildman–Crippen MR) is 112 cm³/mol. The third-order valence-corrected chi connectivity index (χ3v) is 5.74. The van der Waals surface area contributed by atoms with E-state index in [-0.39, 0.29) is 24.3 Å². The number of guanidine groups is 1. The molecular weight excluding hydrogens is 372 g/mol. The van der Waals surface area contributed by atoms with Gasteiger partial charge in [0.05, 0.1) is 18.8 Å². The number of carbonyl (C=O) groups excluding carboxylic acids is 1. The molecule has 3 fully saturated rings. The van der Waals surface area contributed by atoms with Gasteiger partial charge < -0.3 is 29.3 Å². The van der Waals surface area contributed by atoms with E-state index in [1.165, 1.54) is 0 Å². The maximum atomic E-state index is 12.6. The number of rotatable bonds is 3. The molecule has 0 aromatic rings. The molecule has 0 aromatic carbocycles. The molecule has 3 saturated heterocycles. The Balaban J connectivity index is 1.55. The Kier molecular flexibility index (Phi) is 7.62. The Morgan fingerprint density at radius 2 is 1.90 bits per heavy atom. The van der Waals surface area contributed by atoms with E-state index in [4.69, 9.17) is 14.2 Å². The molecule has 0 saturated carbocycles. The zero-order valence-electron chi connectivity index (χ0n) is 18.5. The van der Waals surface area contributed by atoms with Crippen LogP contribution in [0, 0.1) is 0 Å². The Morgan fingerprint density at radius 1 is 1.10 bits per heavy atom. The summed E-state index contributed by atoms with van der Waals surface area (Å²) in [4.78, 5) is 21.2. The lowest BCUT2D eigenvalue weighted by molar-refractivity contribution is -0.0817. The van der Waals surface area contributed by atoms with Gasteiger partial charge >= 0.3 is 6.09 Å². The van der Waals surface area contributed by atoms with Gasteiger partial charge in [0.15, 0.2) is 5.96 Å². The van der Waals surface area contributed by atoms with Crippen LogP contribution < -0.4 is 5.32 Å². The lowest BCUT2D eigenvalue weighted by atomic mass is 10.0. The number of piperidine rings is 1. The highest BCUT2D eigenvalue weighted by Gasteiger charge is 2.34. The third kappa shape index (κ3) is 6.22. The first-order valence-electron chi connectivity index (χ1n) is 11.1. The molecular formula is C21H38N4O4. The smallest absolute Gasteiger partial charge is 0.410 e. The molecule has 166 valence electrons. The fourth-order valence-electron chi connectivity index (χ4n) is 4.30. The van der Waals surface area contributed by atoms with E-state index in [0.717, 1.165) is 64.3 Å². The molecule has 3 unspecified atom stereocenters. The summed E-state index contributed by atoms with van der Waals surface area (Å²) in [5.74, 6) is 0.867. The Bertz CT molecular complexity index is 572. The Hall–Kier alpha value is -1.54. The fourth-order valence-corrected chi connectivity index (χ4v) is 4.30. The standard InChI is InChI=1S/C21H38N4O4/c1-21(2,3)29-20(26)25-10-6-5-8-16(25)14-23-19(22-4)24-11-13-28-18(15-24)17-9-7-12-27-17/h16-18H,5-15H2,1-4H3,(H,22,23). The van der Waals surface area contributed by atoms with Gasteiger partial charge in [-0.15, -0.1) is 0 Å². The molecule has 3 rings (SSSR count). The van der Waals surface area contributed by atoms with E-state index >= 15 is 0 Å². The van der Waals surface area contributed by atoms with Crippen LogP contribution in [-0.4, -0.2) is 92.1 Å². The van der Waals surface area contributed by atoms with Crippen molar-refractivity contribution < 1.29 is 19.0 Å². The number of hydrogen-bond acceptors (Lipinski definition) is 5. The number of likely N-dealkylation sites (tertiary alicyclic amines) is 1. The average molecular weight is 411 g/mol. The second-order valence-corrected chi connectivity index (χ2v) is 9.16. The van der Waals surface area contributed by atoms with E-state index in [1.807, 2.05) is 32.7 Å². The van der Waals surface area contributed by atoms with Crippen LogP contribution in [0.5, 0.6) is 0 Å². The molecule has 8 nitrogen and oxygen atoms in total. The van der Waals surface area contributed by atoms with Crippen molar-refractivity contribution in [3.05, 3.63) is 0 Å². The molecule has 0 spiro atoms. The molecule has 3 heterocycles. The highest BCUT2D eigenvalue weighted by molar-refractivity contribution is 5.80. The summed E-state index contributed by atoms with van der Waals surface area (Å²) in [5, 5.41) is 3.50. The van der Waals surface area contributed by atoms with E-state index in [2.05, 4.69) is 15.2 Å². The summed E-state index contributed by atoms with van der Waals surface area (Å²) in [6, 6.07) is 0.116. The topological polar surface area (TPSA) is 75.6 Å². The highest BCUT2D eigenvalue weighted by Crippen LogP contribution is 2.22. The number of carbonyl (C=O) groups is 1. The van der Waals surface area contributed by atoms with Crippen molar-refractivity contribution in [1.82, 2.24) is 15.1 Å². The highest BCUT2D eigenvalue weighted by atomic mass is 16.6. The number of ether oxygens (including phenoxy) is 3. The van der Waals surface area contributed by atoms with Crippen molar-refractivity contribution in [2.24, 2.45) is 4.99 Å². The largest absolute Gasteiger partial charge is 0.444 e. The summed E-state index contributed by atoms with van der Waals surface area (Å²) in [7, 11) is 1.81. The second-order valence-electron chi connectivity index (χ2n) is 9.16. The molecule has 3 aliphatic rings. The lowest BCUT2D eigenvalue weighted by Gasteiger charge is -2.39. The van der Waals surface area contributed by atoms with Crippen molar-refractivity contribution in [2.75, 3.05) is 46.4 Å². The maximum absolute atomic E-state index is 12.6. The summed E-state index contributed by atoms with van der Waals surface area (Å²) in [6.07, 6.45) is 5.38. The van der Waals surface area contributed by atoms with Gasteiger partial charge in [0.25, 0.3) is 0 Å². The van der Waals surface area contributed by atoms with Gasteiger partial charge in [-0.1, -0.05) is 0 Å². The number of morpholine rings is 1. The monoisotopic (exact) mass is 410 g/mol. The molecule has 1 N–H and O–H groups in total. The van der Waals surface area contributed by atoms with Crippen LogP contribution in [0.15, 0.2) is 4.99 Å². The van der Waals surface area contributed by atoms with Crippen molar-refractivity contribution in [3.8, 4) is 0 Å². The molecule has 0 radical (unpaired) electrons. The van der Waals surface area contributed by atoms with Crippen molar-refractivity contribution >= 4 is 12.1 Å². The molecule has 0 aliphatic carbocycles. The minimum atomic E-state index is -0.479. The van der Waals surface area contributed by atoms with Gasteiger partial charge in [-0.25, -0.2) is 4.79 Å². The first kappa shape index (κ1) is 22.2. The van der Waals surface area contributed by atoms with Crippen LogP contribution in [0.1, 0.15) is 52.9 Å². The molecule has 3 atom stereocenters. The number of nitrogens with one attached hydrogen (secondary N) is 1. The average Bonchev–Trinajstić information content (AvgIpc) is 3.22. The molecule has 0 bridgehead atoms. The summed E-state index contributed by atoms with van der Waals surface area (Å²) < 4.78 is 17.4. The van der Waals surface area contributed by atoms with Crippen molar-refractivity contribution in [3.63, 3.8) is 0 Å². The van der Waals surface area contributed by atoms with E-state index < -0.39 is 5.60 Å². The Morgan fingerprint density at radius 3 is 2.59 bits per heavy atom. The van der Waals surface area contributed by atoms with Gasteiger partial charge in [0.2, 0.25) is 0 Å². The van der Waals surface area contributed by atoms with Crippen LogP contribution in [0.2, 0.25) is 0 Å². The number of amides is 1. The first-order valence-corrected chi connectivity index (χ1v) is 11.1. The number of hydrogen-bond donors (Lipinski definition) is 1. The minimum absolute atomic E-state index is 0.0951. The Labute approximate surface area is 174 Å². The zero-order chi connectivity index (χ0) is 20.9. The summed E-state index contributed by atoms with van der Waals surface area (Å²) in [6.45, 7) is 10.3. The maximum Gasteiger partial charge on any atom is 0.410 e. The lowest BCUT2D eigenvalue weighted by Crippen LogP contribution is -2.56. The van der Waals surface area contributed by atoms with Crippen LogP contribution in [0.3, 0.4) is 0 Å². The minimum Gasteiger partial charge on any atom is -0.444 e. The molecule has 29 heavy (non-hydrogen) atoms. The normalized spacial score (nSPS) is 29.1. The summed E-state index contributed by atoms with van der Waals surface area (Å²) in [5.41, 5.74) is -0.479. The van der Waals surface area contributed by atoms with Crippen LogP contribution in [0.25, 0.3) is 0 Å². The van der Waals surface area contributed by atoms with Gasteiger partial charge in [-0.2, -0.15) is 0 Å². The van der Waals surface area contributed by atoms with Gasteiger partial charge in [-0.05, 0) is 52.9 Å². The summed E-state index contributed by atoms with van der Waals surface area (Å²) >= 11 is 0. The van der Waals surface area contributed by atoms with Crippen molar-refractivity contribution in [1.29, 1.82) is 0 Å². The molecule has 1 amide bonds. The van der Waals surface area contributed by atoms with Gasteiger partial charge in [0.1, 0.15) is 11.7 Å². The van der Waals surface area contributed by atoms with Crippen molar-refractivity contribution in [2.45, 2.75) is 76.7 Å². The van der Waals surface area contributed by atoms with Gasteiger partial charge in [-0.3, -0.25) is 4.99 Å². The van der Waals surface area contributed by atoms with E-state index in [9.17, 15) is 4.79 Å². The third-order valence-electron chi connectivity index (χ3n) is 5.74. The molecule has 0 aromatic heterocycles. The predicted octanol–water partition coefficient (Wildman–Crippen LogP) is 2.23. The number of nitrogens with zero attached hydrogens (tertiary/aromatic N) is 3. The van der Waals surface area contributed by atoms with E-state index in [1.54, 1.807) is 0 Å². The SMILES string of the molecule is CN=C(NCC1CCCCN1C(=O)OC(C)(C)C)N1CCOC(C2CCCO2)C1. The zero-order valence-corrected chi connectivity index (χ0v) is 18.5. The van der Waals surface area contributed by atoms with Gasteiger partial charge in [0, 0.05) is 39.8 Å². The number of aliphatic imine (C=N–C) groups is 1.